The second-order valence-electron chi connectivity index (χ2n) is 13.4. The molecule has 2 heterocycles. The molecule has 5 aromatic carbocycles. The number of carboxylic acids is 1. The second-order valence-corrected chi connectivity index (χ2v) is 17.6. The zero-order valence-electron chi connectivity index (χ0n) is 33.1. The van der Waals surface area contributed by atoms with Gasteiger partial charge >= 0.3 is 23.8 Å². The molecule has 0 spiro atoms. The molecule has 7 rings (SSSR count). The number of rotatable bonds is 13. The van der Waals surface area contributed by atoms with E-state index in [-0.39, 0.29) is 79.1 Å². The Morgan fingerprint density at radius 1 is 0.692 bits per heavy atom. The number of nitrogens with one attached hydrogen (secondary N) is 2. The molecule has 24 nitrogen and oxygen atoms in total. The van der Waals surface area contributed by atoms with Crippen LogP contribution >= 0.6 is 0 Å². The van der Waals surface area contributed by atoms with Crippen molar-refractivity contribution in [2.75, 3.05) is 23.5 Å². The first-order valence-electron chi connectivity index (χ1n) is 18.0. The second kappa shape index (κ2) is 17.3. The SMILES string of the molecule is COc1cc(N=Nc2cc3c(S(=O)(=O)O)cccc3cc2S(=O)(=O)O)c(NC(C)=O)cc1N=Nc1ccc(Nc2nc(N)nc(-[n+]3cccc(C(=O)O)c3)n2)c2c(S(=O)(=O)O)cccc12. The molecule has 0 saturated carbocycles. The Morgan fingerprint density at radius 3 is 2.03 bits per heavy atom. The summed E-state index contributed by atoms with van der Waals surface area (Å²) in [6.45, 7) is 1.17. The molecule has 0 radical (unpaired) electrons. The number of aromatic nitrogens is 4. The number of aromatic carboxylic acids is 1. The maximum Gasteiger partial charge on any atom is 0.444 e. The van der Waals surface area contributed by atoms with Crippen molar-refractivity contribution in [3.63, 3.8) is 0 Å². The lowest BCUT2D eigenvalue weighted by Crippen LogP contribution is -2.34. The van der Waals surface area contributed by atoms with Crippen molar-refractivity contribution in [1.82, 2.24) is 15.0 Å². The van der Waals surface area contributed by atoms with Crippen molar-refractivity contribution < 1.29 is 62.9 Å². The number of carbonyl (C=O) groups is 2. The summed E-state index contributed by atoms with van der Waals surface area (Å²) in [5, 5.41) is 31.3. The van der Waals surface area contributed by atoms with Crippen LogP contribution in [0.25, 0.3) is 27.5 Å². The molecule has 0 atom stereocenters. The first-order valence-corrected chi connectivity index (χ1v) is 22.3. The lowest BCUT2D eigenvalue weighted by Gasteiger charge is -2.13. The Labute approximate surface area is 366 Å². The van der Waals surface area contributed by atoms with Gasteiger partial charge in [-0.25, -0.2) is 9.36 Å². The number of methoxy groups -OCH3 is 1. The Morgan fingerprint density at radius 2 is 1.35 bits per heavy atom. The van der Waals surface area contributed by atoms with Gasteiger partial charge in [0, 0.05) is 29.1 Å². The molecule has 65 heavy (non-hydrogen) atoms. The van der Waals surface area contributed by atoms with Gasteiger partial charge in [0.1, 0.15) is 37.5 Å². The maximum absolute atomic E-state index is 12.7. The first kappa shape index (κ1) is 45.1. The summed E-state index contributed by atoms with van der Waals surface area (Å²) in [7, 11) is -13.5. The van der Waals surface area contributed by atoms with Crippen molar-refractivity contribution in [2.45, 2.75) is 21.6 Å². The van der Waals surface area contributed by atoms with Crippen LogP contribution in [0.2, 0.25) is 0 Å². The van der Waals surface area contributed by atoms with E-state index in [0.717, 1.165) is 24.3 Å². The van der Waals surface area contributed by atoms with E-state index in [0.29, 0.717) is 0 Å². The van der Waals surface area contributed by atoms with Gasteiger partial charge < -0.3 is 26.2 Å². The van der Waals surface area contributed by atoms with Crippen molar-refractivity contribution in [1.29, 1.82) is 0 Å². The van der Waals surface area contributed by atoms with Gasteiger partial charge in [-0.1, -0.05) is 24.3 Å². The fourth-order valence-electron chi connectivity index (χ4n) is 6.32. The molecule has 0 aliphatic heterocycles. The van der Waals surface area contributed by atoms with Crippen LogP contribution in [0.5, 0.6) is 5.75 Å². The number of amides is 1. The van der Waals surface area contributed by atoms with Crippen molar-refractivity contribution in [3.8, 4) is 11.7 Å². The predicted molar refractivity (Wildman–Crippen MR) is 229 cm³/mol. The number of anilines is 4. The number of nitrogens with zero attached hydrogens (tertiary/aromatic N) is 8. The van der Waals surface area contributed by atoms with E-state index >= 15 is 0 Å². The highest BCUT2D eigenvalue weighted by atomic mass is 32.2. The standard InChI is InChI=1S/C38H29N11O13S3/c1-19(50)40-26-16-28(30(62-2)17-27(26)46-48-29-15-23-20(14-33(29)65(59,60)61)6-3-9-31(23)63(53,54)55)47-45-24-11-12-25(34-22(24)8-4-10-32(34)64(56,57)58)41-37-42-36(39)43-38(44-37)49-13-5-7-21(18-49)35(51)52/h3-18H,1-2H3,(H7-,39,40,41,42,43,44,47,48,50,51,52,53,54,55,56,57,58,59,60,61)/p+1. The monoisotopic (exact) mass is 944 g/mol. The molecular formula is C38H30N11O13S3+. The number of pyridine rings is 1. The first-order chi connectivity index (χ1) is 30.6. The van der Waals surface area contributed by atoms with Gasteiger partial charge in [-0.15, -0.1) is 25.4 Å². The largest absolute Gasteiger partial charge is 0.494 e. The molecule has 7 aromatic rings. The Bertz CT molecular complexity index is 3550. The lowest BCUT2D eigenvalue weighted by atomic mass is 10.1. The Hall–Kier alpha value is -7.95. The van der Waals surface area contributed by atoms with Crippen LogP contribution in [0.4, 0.5) is 46.0 Å². The van der Waals surface area contributed by atoms with Gasteiger partial charge in [-0.05, 0) is 70.0 Å². The van der Waals surface area contributed by atoms with E-state index < -0.39 is 62.6 Å². The molecule has 0 aliphatic carbocycles. The van der Waals surface area contributed by atoms with Crippen molar-refractivity contribution in [3.05, 3.63) is 103 Å². The Balaban J connectivity index is 1.31. The van der Waals surface area contributed by atoms with Crippen LogP contribution in [0.15, 0.2) is 132 Å². The average Bonchev–Trinajstić information content (AvgIpc) is 3.23. The van der Waals surface area contributed by atoms with Crippen LogP contribution < -0.4 is 25.7 Å². The molecule has 332 valence electrons. The van der Waals surface area contributed by atoms with E-state index in [4.69, 9.17) is 10.5 Å². The highest BCUT2D eigenvalue weighted by Crippen LogP contribution is 2.43. The molecule has 0 aliphatic rings. The Kier molecular flexibility index (Phi) is 12.0. The van der Waals surface area contributed by atoms with Gasteiger partial charge in [-0.3, -0.25) is 18.5 Å². The average molecular weight is 945 g/mol. The third-order valence-electron chi connectivity index (χ3n) is 9.04. The van der Waals surface area contributed by atoms with Crippen LogP contribution in [0.1, 0.15) is 17.3 Å². The number of azo groups is 2. The quantitative estimate of drug-likeness (QED) is 0.0395. The number of nitrogen functional groups attached to an aromatic ring is 1. The van der Waals surface area contributed by atoms with Crippen molar-refractivity contribution in [2.24, 2.45) is 20.5 Å². The maximum atomic E-state index is 12.7. The highest BCUT2D eigenvalue weighted by Gasteiger charge is 2.24. The molecule has 2 aromatic heterocycles. The summed E-state index contributed by atoms with van der Waals surface area (Å²) in [6.07, 6.45) is 2.70. The van der Waals surface area contributed by atoms with Gasteiger partial charge in [-0.2, -0.15) is 25.3 Å². The zero-order chi connectivity index (χ0) is 47.0. The van der Waals surface area contributed by atoms with Gasteiger partial charge in [0.05, 0.1) is 42.1 Å². The molecule has 0 bridgehead atoms. The molecule has 27 heteroatoms. The lowest BCUT2D eigenvalue weighted by molar-refractivity contribution is -0.603. The minimum absolute atomic E-state index is 0.0124. The van der Waals surface area contributed by atoms with E-state index in [9.17, 15) is 53.6 Å². The van der Waals surface area contributed by atoms with E-state index in [1.807, 2.05) is 0 Å². The predicted octanol–water partition coefficient (Wildman–Crippen LogP) is 6.02. The minimum Gasteiger partial charge on any atom is -0.494 e. The topological polar surface area (TPSA) is 369 Å². The fourth-order valence-corrected chi connectivity index (χ4v) is 8.40. The van der Waals surface area contributed by atoms with Crippen LogP contribution in [-0.4, -0.2) is 78.0 Å². The molecule has 0 saturated heterocycles. The zero-order valence-corrected chi connectivity index (χ0v) is 35.5. The van der Waals surface area contributed by atoms with Crippen LogP contribution in [-0.2, 0) is 35.1 Å². The molecule has 0 unspecified atom stereocenters. The molecular weight excluding hydrogens is 915 g/mol. The molecule has 8 N–H and O–H groups in total. The molecule has 1 amide bonds. The smallest absolute Gasteiger partial charge is 0.444 e. The van der Waals surface area contributed by atoms with E-state index in [1.165, 1.54) is 91.7 Å². The van der Waals surface area contributed by atoms with Gasteiger partial charge in [0.25, 0.3) is 30.4 Å². The van der Waals surface area contributed by atoms with Crippen LogP contribution in [0, 0.1) is 0 Å². The number of fused-ring (bicyclic) bond motifs is 2. The normalized spacial score (nSPS) is 12.3. The minimum atomic E-state index is -4.99. The third-order valence-corrected chi connectivity index (χ3v) is 11.7. The molecule has 0 fully saturated rings. The number of nitrogens with two attached hydrogens (primary N) is 1. The number of benzene rings is 5. The van der Waals surface area contributed by atoms with Crippen molar-refractivity contribution >= 4 is 110 Å². The third kappa shape index (κ3) is 9.83. The fraction of sp³-hybridized carbons (Fsp3) is 0.0526. The summed E-state index contributed by atoms with van der Waals surface area (Å²) < 4.78 is 111. The van der Waals surface area contributed by atoms with E-state index in [2.05, 4.69) is 46.0 Å². The summed E-state index contributed by atoms with van der Waals surface area (Å²) in [4.78, 5) is 34.4. The van der Waals surface area contributed by atoms with Crippen LogP contribution in [0.3, 0.4) is 0 Å². The number of hydrogen-bond acceptors (Lipinski definition) is 18. The number of ether oxygens (including phenoxy) is 1. The number of hydrogen-bond donors (Lipinski definition) is 7. The summed E-state index contributed by atoms with van der Waals surface area (Å²) in [5.41, 5.74) is 5.11. The highest BCUT2D eigenvalue weighted by molar-refractivity contribution is 7.86. The number of carbonyl (C=O) groups excluding carboxylic acids is 1. The van der Waals surface area contributed by atoms with E-state index in [1.54, 1.807) is 0 Å². The summed E-state index contributed by atoms with van der Waals surface area (Å²) >= 11 is 0. The summed E-state index contributed by atoms with van der Waals surface area (Å²) in [5.74, 6) is -2.46. The van der Waals surface area contributed by atoms with Gasteiger partial charge in [0.2, 0.25) is 5.91 Å². The number of carboxylic acid groups (broad SMARTS) is 1. The summed E-state index contributed by atoms with van der Waals surface area (Å²) in [6, 6.07) is 17.6. The van der Waals surface area contributed by atoms with Gasteiger partial charge in [0.15, 0.2) is 0 Å².